The van der Waals surface area contributed by atoms with Gasteiger partial charge in [-0.05, 0) is 28.8 Å². The third-order valence-corrected chi connectivity index (χ3v) is 5.11. The quantitative estimate of drug-likeness (QED) is 0.822. The van der Waals surface area contributed by atoms with Gasteiger partial charge in [0.2, 0.25) is 0 Å². The third-order valence-electron chi connectivity index (χ3n) is 5.11. The van der Waals surface area contributed by atoms with Gasteiger partial charge in [0.15, 0.2) is 0 Å². The fraction of sp³-hybridized carbons (Fsp3) is 0.429. The fourth-order valence-corrected chi connectivity index (χ4v) is 3.72. The van der Waals surface area contributed by atoms with Crippen molar-refractivity contribution in [2.45, 2.75) is 43.5 Å². The molecule has 2 N–H and O–H groups in total. The van der Waals surface area contributed by atoms with Crippen LogP contribution in [-0.2, 0) is 20.8 Å². The Labute approximate surface area is 152 Å². The zero-order chi connectivity index (χ0) is 17.9. The molecule has 2 aliphatic rings. The van der Waals surface area contributed by atoms with Crippen LogP contribution >= 0.6 is 0 Å². The van der Waals surface area contributed by atoms with Gasteiger partial charge in [0.1, 0.15) is 24.4 Å². The molecule has 0 aliphatic carbocycles. The van der Waals surface area contributed by atoms with E-state index in [1.165, 1.54) is 5.39 Å². The molecule has 138 valence electrons. The number of hydrogen-bond donors (Lipinski definition) is 2. The van der Waals surface area contributed by atoms with Crippen molar-refractivity contribution >= 4 is 10.8 Å². The second-order valence-corrected chi connectivity index (χ2v) is 6.85. The molecule has 5 heteroatoms. The summed E-state index contributed by atoms with van der Waals surface area (Å²) in [6, 6.07) is 14.4. The first kappa shape index (κ1) is 17.6. The SMILES string of the molecule is OC[C@H]1O[C@H]2CC=CCO[C@@H]2[C@@H](OCc2ccc3ccccc3c2)[C@@H]1O. The summed E-state index contributed by atoms with van der Waals surface area (Å²) >= 11 is 0. The first-order valence-electron chi connectivity index (χ1n) is 9.06. The molecule has 2 aromatic rings. The number of hydrogen-bond acceptors (Lipinski definition) is 5. The molecule has 1 saturated heterocycles. The minimum Gasteiger partial charge on any atom is -0.394 e. The summed E-state index contributed by atoms with van der Waals surface area (Å²) in [5.74, 6) is 0. The predicted molar refractivity (Wildman–Crippen MR) is 97.8 cm³/mol. The van der Waals surface area contributed by atoms with E-state index >= 15 is 0 Å². The zero-order valence-corrected chi connectivity index (χ0v) is 14.5. The van der Waals surface area contributed by atoms with Crippen molar-refractivity contribution in [2.24, 2.45) is 0 Å². The van der Waals surface area contributed by atoms with Crippen molar-refractivity contribution in [3.8, 4) is 0 Å². The van der Waals surface area contributed by atoms with Crippen LogP contribution in [-0.4, -0.2) is 53.9 Å². The highest BCUT2D eigenvalue weighted by Gasteiger charge is 2.46. The molecule has 0 aromatic heterocycles. The van der Waals surface area contributed by atoms with E-state index in [9.17, 15) is 10.2 Å². The van der Waals surface area contributed by atoms with Crippen LogP contribution in [0.15, 0.2) is 54.6 Å². The van der Waals surface area contributed by atoms with Crippen LogP contribution in [0.1, 0.15) is 12.0 Å². The Bertz CT molecular complexity index is 774. The Morgan fingerprint density at radius 2 is 1.92 bits per heavy atom. The maximum atomic E-state index is 10.6. The molecule has 0 saturated carbocycles. The largest absolute Gasteiger partial charge is 0.394 e. The minimum absolute atomic E-state index is 0.226. The van der Waals surface area contributed by atoms with Gasteiger partial charge in [0.25, 0.3) is 0 Å². The van der Waals surface area contributed by atoms with E-state index < -0.39 is 18.3 Å². The van der Waals surface area contributed by atoms with E-state index in [1.807, 2.05) is 30.4 Å². The minimum atomic E-state index is -0.931. The predicted octanol–water partition coefficient (Wildman–Crippen LogP) is 2.19. The number of rotatable bonds is 4. The third kappa shape index (κ3) is 3.54. The molecule has 0 radical (unpaired) electrons. The lowest BCUT2D eigenvalue weighted by Crippen LogP contribution is -2.59. The van der Waals surface area contributed by atoms with Gasteiger partial charge in [-0.3, -0.25) is 0 Å². The molecule has 5 nitrogen and oxygen atoms in total. The molecule has 1 fully saturated rings. The lowest BCUT2D eigenvalue weighted by atomic mass is 9.93. The number of ether oxygens (including phenoxy) is 3. The van der Waals surface area contributed by atoms with Crippen LogP contribution in [0.3, 0.4) is 0 Å². The summed E-state index contributed by atoms with van der Waals surface area (Å²) in [6.07, 6.45) is 1.92. The highest BCUT2D eigenvalue weighted by atomic mass is 16.6. The molecule has 0 unspecified atom stereocenters. The second kappa shape index (κ2) is 7.86. The van der Waals surface area contributed by atoms with Crippen LogP contribution in [0, 0.1) is 0 Å². The molecule has 4 rings (SSSR count). The first-order valence-corrected chi connectivity index (χ1v) is 9.06. The van der Waals surface area contributed by atoms with Gasteiger partial charge >= 0.3 is 0 Å². The van der Waals surface area contributed by atoms with E-state index in [4.69, 9.17) is 14.2 Å². The van der Waals surface area contributed by atoms with Crippen molar-refractivity contribution < 1.29 is 24.4 Å². The number of fused-ring (bicyclic) bond motifs is 2. The summed E-state index contributed by atoms with van der Waals surface area (Å²) in [5, 5.41) is 22.5. The summed E-state index contributed by atoms with van der Waals surface area (Å²) in [7, 11) is 0. The first-order chi connectivity index (χ1) is 12.8. The van der Waals surface area contributed by atoms with Crippen LogP contribution in [0.5, 0.6) is 0 Å². The monoisotopic (exact) mass is 356 g/mol. The van der Waals surface area contributed by atoms with Gasteiger partial charge in [0.05, 0.1) is 25.9 Å². The van der Waals surface area contributed by atoms with E-state index in [2.05, 4.69) is 24.3 Å². The Hall–Kier alpha value is -1.76. The summed E-state index contributed by atoms with van der Waals surface area (Å²) in [4.78, 5) is 0. The molecule has 26 heavy (non-hydrogen) atoms. The van der Waals surface area contributed by atoms with Gasteiger partial charge in [-0.25, -0.2) is 0 Å². The van der Waals surface area contributed by atoms with Crippen molar-refractivity contribution in [3.05, 3.63) is 60.2 Å². The van der Waals surface area contributed by atoms with Crippen LogP contribution in [0.25, 0.3) is 10.8 Å². The van der Waals surface area contributed by atoms with E-state index in [-0.39, 0.29) is 18.8 Å². The summed E-state index contributed by atoms with van der Waals surface area (Å²) in [6.45, 7) is 0.589. The summed E-state index contributed by atoms with van der Waals surface area (Å²) < 4.78 is 17.8. The molecular weight excluding hydrogens is 332 g/mol. The molecule has 2 aromatic carbocycles. The normalized spacial score (nSPS) is 31.5. The Morgan fingerprint density at radius 3 is 2.77 bits per heavy atom. The average Bonchev–Trinajstić information content (AvgIpc) is 2.92. The van der Waals surface area contributed by atoms with Crippen molar-refractivity contribution in [1.29, 1.82) is 0 Å². The maximum absolute atomic E-state index is 10.6. The fourth-order valence-electron chi connectivity index (χ4n) is 3.72. The molecule has 0 bridgehead atoms. The second-order valence-electron chi connectivity index (χ2n) is 6.85. The lowest BCUT2D eigenvalue weighted by Gasteiger charge is -2.43. The standard InChI is InChI=1S/C21H24O5/c22-12-18-19(23)21(20-17(26-18)7-3-4-10-24-20)25-13-14-8-9-15-5-1-2-6-16(15)11-14/h1-6,8-9,11,17-23H,7,10,12-13H2/t17-,18+,19+,20-,21-/m0/s1. The average molecular weight is 356 g/mol. The molecule has 2 heterocycles. The van der Waals surface area contributed by atoms with Crippen LogP contribution in [0.2, 0.25) is 0 Å². The Balaban J connectivity index is 1.51. The van der Waals surface area contributed by atoms with E-state index in [0.717, 1.165) is 10.9 Å². The molecule has 5 atom stereocenters. The zero-order valence-electron chi connectivity index (χ0n) is 14.5. The van der Waals surface area contributed by atoms with Gasteiger partial charge in [0, 0.05) is 0 Å². The van der Waals surface area contributed by atoms with Gasteiger partial charge < -0.3 is 24.4 Å². The maximum Gasteiger partial charge on any atom is 0.115 e. The van der Waals surface area contributed by atoms with Gasteiger partial charge in [-0.1, -0.05) is 48.6 Å². The Morgan fingerprint density at radius 1 is 1.08 bits per heavy atom. The topological polar surface area (TPSA) is 68.2 Å². The van der Waals surface area contributed by atoms with Crippen LogP contribution in [0.4, 0.5) is 0 Å². The van der Waals surface area contributed by atoms with Gasteiger partial charge in [-0.15, -0.1) is 0 Å². The van der Waals surface area contributed by atoms with E-state index in [0.29, 0.717) is 19.6 Å². The van der Waals surface area contributed by atoms with Crippen molar-refractivity contribution in [2.75, 3.05) is 13.2 Å². The Kier molecular flexibility index (Phi) is 5.33. The highest BCUT2D eigenvalue weighted by Crippen LogP contribution is 2.30. The number of benzene rings is 2. The lowest BCUT2D eigenvalue weighted by molar-refractivity contribution is -0.250. The van der Waals surface area contributed by atoms with Crippen molar-refractivity contribution in [1.82, 2.24) is 0 Å². The number of aliphatic hydroxyl groups excluding tert-OH is 2. The molecule has 2 aliphatic heterocycles. The molecule has 0 amide bonds. The van der Waals surface area contributed by atoms with E-state index in [1.54, 1.807) is 0 Å². The summed E-state index contributed by atoms with van der Waals surface area (Å²) in [5.41, 5.74) is 1.03. The molecular formula is C21H24O5. The van der Waals surface area contributed by atoms with Crippen molar-refractivity contribution in [3.63, 3.8) is 0 Å². The smallest absolute Gasteiger partial charge is 0.115 e. The number of aliphatic hydroxyl groups is 2. The highest BCUT2D eigenvalue weighted by molar-refractivity contribution is 5.82. The van der Waals surface area contributed by atoms with Crippen LogP contribution < -0.4 is 0 Å². The van der Waals surface area contributed by atoms with Gasteiger partial charge in [-0.2, -0.15) is 0 Å². The molecule has 0 spiro atoms.